The van der Waals surface area contributed by atoms with Gasteiger partial charge in [0.1, 0.15) is 0 Å². The van der Waals surface area contributed by atoms with Gasteiger partial charge >= 0.3 is 0 Å². The predicted octanol–water partition coefficient (Wildman–Crippen LogP) is 3.55. The fourth-order valence-corrected chi connectivity index (χ4v) is 1.47. The zero-order chi connectivity index (χ0) is 9.03. The van der Waals surface area contributed by atoms with Crippen molar-refractivity contribution in [1.29, 1.82) is 0 Å². The minimum atomic E-state index is 0.371. The maximum Gasteiger partial charge on any atom is 0.0421 e. The average Bonchev–Trinajstić information content (AvgIpc) is 2.02. The van der Waals surface area contributed by atoms with Gasteiger partial charge in [-0.15, -0.1) is 8.58 Å². The van der Waals surface area contributed by atoms with Crippen LogP contribution in [-0.2, 0) is 0 Å². The minimum absolute atomic E-state index is 0.371. The summed E-state index contributed by atoms with van der Waals surface area (Å²) in [4.78, 5) is 0. The van der Waals surface area contributed by atoms with E-state index in [4.69, 9.17) is 0 Å². The van der Waals surface area contributed by atoms with Crippen molar-refractivity contribution in [3.63, 3.8) is 0 Å². The highest BCUT2D eigenvalue weighted by Crippen LogP contribution is 2.35. The van der Waals surface area contributed by atoms with E-state index in [0.717, 1.165) is 8.58 Å². The molecule has 0 saturated heterocycles. The molecule has 64 valence electrons. The molecule has 0 fully saturated rings. The second kappa shape index (κ2) is 4.05. The van der Waals surface area contributed by atoms with Crippen molar-refractivity contribution in [3.05, 3.63) is 42.1 Å². The van der Waals surface area contributed by atoms with E-state index in [-0.39, 0.29) is 0 Å². The third kappa shape index (κ3) is 3.88. The van der Waals surface area contributed by atoms with Gasteiger partial charge in [0.15, 0.2) is 0 Å². The Labute approximate surface area is 77.2 Å². The standard InChI is InChI=1S/C11H15P/c1-11(2,3)12-9-10-7-5-4-6-8-10/h4-8,12H,1-3H3. The van der Waals surface area contributed by atoms with Crippen LogP contribution in [0, 0.1) is 6.16 Å². The van der Waals surface area contributed by atoms with Crippen molar-refractivity contribution in [2.45, 2.75) is 25.9 Å². The molecule has 1 heteroatoms. The van der Waals surface area contributed by atoms with Crippen LogP contribution in [0.4, 0.5) is 0 Å². The summed E-state index contributed by atoms with van der Waals surface area (Å²) in [5, 5.41) is 0.371. The molecular formula is C11H15P. The molecule has 0 aliphatic rings. The molecule has 1 rings (SSSR count). The van der Waals surface area contributed by atoms with Gasteiger partial charge in [-0.25, -0.2) is 0 Å². The highest BCUT2D eigenvalue weighted by atomic mass is 31.1. The molecule has 1 aromatic rings. The SMILES string of the molecule is CC(C)(C)P[C]c1ccccc1. The summed E-state index contributed by atoms with van der Waals surface area (Å²) in [5.41, 5.74) is 1.21. The molecule has 1 aromatic carbocycles. The summed E-state index contributed by atoms with van der Waals surface area (Å²) in [7, 11) is 0.769. The van der Waals surface area contributed by atoms with Gasteiger partial charge in [0, 0.05) is 6.16 Å². The van der Waals surface area contributed by atoms with E-state index in [1.165, 1.54) is 5.56 Å². The lowest BCUT2D eigenvalue weighted by Gasteiger charge is -2.17. The van der Waals surface area contributed by atoms with Crippen molar-refractivity contribution in [1.82, 2.24) is 0 Å². The highest BCUT2D eigenvalue weighted by Gasteiger charge is 2.09. The molecule has 2 radical (unpaired) electrons. The third-order valence-corrected chi connectivity index (χ3v) is 2.52. The van der Waals surface area contributed by atoms with Gasteiger partial charge in [-0.3, -0.25) is 0 Å². The van der Waals surface area contributed by atoms with Gasteiger partial charge in [-0.2, -0.15) is 0 Å². The Morgan fingerprint density at radius 2 is 1.67 bits per heavy atom. The van der Waals surface area contributed by atoms with E-state index in [1.54, 1.807) is 0 Å². The monoisotopic (exact) mass is 178 g/mol. The first-order chi connectivity index (χ1) is 5.58. The first-order valence-corrected chi connectivity index (χ1v) is 5.16. The van der Waals surface area contributed by atoms with Crippen LogP contribution in [0.15, 0.2) is 30.3 Å². The Bertz CT molecular complexity index is 221. The second-order valence-electron chi connectivity index (χ2n) is 3.87. The van der Waals surface area contributed by atoms with Crippen LogP contribution in [-0.4, -0.2) is 5.16 Å². The van der Waals surface area contributed by atoms with Crippen LogP contribution in [0.1, 0.15) is 26.3 Å². The maximum atomic E-state index is 3.41. The summed E-state index contributed by atoms with van der Waals surface area (Å²) in [6.45, 7) is 6.71. The van der Waals surface area contributed by atoms with E-state index >= 15 is 0 Å². The molecule has 0 amide bonds. The van der Waals surface area contributed by atoms with Gasteiger partial charge in [0.2, 0.25) is 0 Å². The van der Waals surface area contributed by atoms with E-state index in [0.29, 0.717) is 5.16 Å². The molecule has 1 atom stereocenters. The predicted molar refractivity (Wildman–Crippen MR) is 56.9 cm³/mol. The summed E-state index contributed by atoms with van der Waals surface area (Å²) in [6.07, 6.45) is 3.41. The summed E-state index contributed by atoms with van der Waals surface area (Å²) in [6, 6.07) is 10.3. The van der Waals surface area contributed by atoms with Crippen molar-refractivity contribution in [3.8, 4) is 0 Å². The Morgan fingerprint density at radius 3 is 2.17 bits per heavy atom. The Morgan fingerprint density at radius 1 is 1.08 bits per heavy atom. The second-order valence-corrected chi connectivity index (χ2v) is 5.87. The number of rotatable bonds is 2. The minimum Gasteiger partial charge on any atom is -0.103 e. The summed E-state index contributed by atoms with van der Waals surface area (Å²) in [5.74, 6) is 0. The highest BCUT2D eigenvalue weighted by molar-refractivity contribution is 7.42. The molecule has 0 heterocycles. The fourth-order valence-electron chi connectivity index (χ4n) is 0.781. The Balaban J connectivity index is 2.44. The van der Waals surface area contributed by atoms with Gasteiger partial charge < -0.3 is 0 Å². The molecule has 0 spiro atoms. The van der Waals surface area contributed by atoms with Gasteiger partial charge in [0.05, 0.1) is 0 Å². The molecule has 0 N–H and O–H groups in total. The fraction of sp³-hybridized carbons (Fsp3) is 0.364. The smallest absolute Gasteiger partial charge is 0.0421 e. The van der Waals surface area contributed by atoms with Crippen LogP contribution in [0.5, 0.6) is 0 Å². The lowest BCUT2D eigenvalue weighted by atomic mass is 10.2. The number of hydrogen-bond donors (Lipinski definition) is 0. The average molecular weight is 178 g/mol. The third-order valence-electron chi connectivity index (χ3n) is 1.36. The van der Waals surface area contributed by atoms with Crippen LogP contribution in [0.25, 0.3) is 0 Å². The number of benzene rings is 1. The first kappa shape index (κ1) is 9.74. The lowest BCUT2D eigenvalue weighted by molar-refractivity contribution is 0.797. The zero-order valence-corrected chi connectivity index (χ0v) is 8.89. The van der Waals surface area contributed by atoms with Crippen molar-refractivity contribution >= 4 is 8.58 Å². The van der Waals surface area contributed by atoms with E-state index in [1.807, 2.05) is 6.07 Å². The molecule has 0 nitrogen and oxygen atoms in total. The summed E-state index contributed by atoms with van der Waals surface area (Å²) < 4.78 is 0. The largest absolute Gasteiger partial charge is 0.103 e. The molecule has 0 bridgehead atoms. The van der Waals surface area contributed by atoms with Gasteiger partial charge in [-0.1, -0.05) is 51.1 Å². The number of hydrogen-bond acceptors (Lipinski definition) is 0. The Kier molecular flexibility index (Phi) is 3.29. The molecule has 1 unspecified atom stereocenters. The van der Waals surface area contributed by atoms with Crippen LogP contribution in [0.2, 0.25) is 0 Å². The molecule has 0 aliphatic heterocycles. The Hall–Kier alpha value is -0.350. The maximum absolute atomic E-state index is 3.41. The molecule has 0 saturated carbocycles. The van der Waals surface area contributed by atoms with E-state index in [2.05, 4.69) is 51.2 Å². The van der Waals surface area contributed by atoms with Crippen LogP contribution in [0.3, 0.4) is 0 Å². The van der Waals surface area contributed by atoms with E-state index < -0.39 is 0 Å². The zero-order valence-electron chi connectivity index (χ0n) is 7.89. The van der Waals surface area contributed by atoms with Gasteiger partial charge in [0.25, 0.3) is 0 Å². The van der Waals surface area contributed by atoms with E-state index in [9.17, 15) is 0 Å². The molecule has 0 aromatic heterocycles. The van der Waals surface area contributed by atoms with Crippen LogP contribution >= 0.6 is 8.58 Å². The van der Waals surface area contributed by atoms with Crippen LogP contribution < -0.4 is 0 Å². The van der Waals surface area contributed by atoms with Gasteiger partial charge in [-0.05, 0) is 10.7 Å². The lowest BCUT2D eigenvalue weighted by Crippen LogP contribution is -2.04. The topological polar surface area (TPSA) is 0 Å². The van der Waals surface area contributed by atoms with Crippen molar-refractivity contribution < 1.29 is 0 Å². The normalized spacial score (nSPS) is 12.6. The molecular weight excluding hydrogens is 163 g/mol. The van der Waals surface area contributed by atoms with Crippen molar-refractivity contribution in [2.24, 2.45) is 0 Å². The molecule has 0 aliphatic carbocycles. The first-order valence-electron chi connectivity index (χ1n) is 4.16. The quantitative estimate of drug-likeness (QED) is 0.607. The summed E-state index contributed by atoms with van der Waals surface area (Å²) >= 11 is 0. The van der Waals surface area contributed by atoms with Crippen molar-refractivity contribution in [2.75, 3.05) is 0 Å². The molecule has 12 heavy (non-hydrogen) atoms.